The van der Waals surface area contributed by atoms with Gasteiger partial charge in [-0.1, -0.05) is 41.5 Å². The molecule has 0 heterocycles. The first-order valence-corrected chi connectivity index (χ1v) is 7.23. The Morgan fingerprint density at radius 1 is 0.824 bits per heavy atom. The lowest BCUT2D eigenvalue weighted by Gasteiger charge is -2.28. The fourth-order valence-corrected chi connectivity index (χ4v) is 1.65. The quantitative estimate of drug-likeness (QED) is 0.671. The maximum absolute atomic E-state index is 9.99. The predicted molar refractivity (Wildman–Crippen MR) is 76.2 cm³/mol. The summed E-state index contributed by atoms with van der Waals surface area (Å²) in [6.07, 6.45) is 2.26. The monoisotopic (exact) mass is 243 g/mol. The van der Waals surface area contributed by atoms with Gasteiger partial charge in [0.15, 0.2) is 0 Å². The normalized spacial score (nSPS) is 14.3. The van der Waals surface area contributed by atoms with Crippen molar-refractivity contribution in [2.45, 2.75) is 60.5 Å². The number of rotatable bonds is 9. The molecule has 0 fully saturated rings. The van der Waals surface area contributed by atoms with Gasteiger partial charge in [-0.15, -0.1) is 0 Å². The summed E-state index contributed by atoms with van der Waals surface area (Å²) in [5, 5.41) is 9.99. The van der Waals surface area contributed by atoms with Crippen molar-refractivity contribution in [3.05, 3.63) is 0 Å². The predicted octanol–water partition coefficient (Wildman–Crippen LogP) is 3.40. The minimum atomic E-state index is -0.186. The van der Waals surface area contributed by atoms with E-state index in [1.807, 2.05) is 0 Å². The summed E-state index contributed by atoms with van der Waals surface area (Å²) in [6.45, 7) is 16.3. The molecular weight excluding hydrogens is 210 g/mol. The standard InChI is InChI=1S/C15H33NO/c1-12(2)7-9-16(10-8-13(3)4)11-15(17)14(5)6/h12-15,17H,7-11H2,1-6H3. The Labute approximate surface area is 108 Å². The number of aliphatic hydroxyl groups is 1. The Kier molecular flexibility index (Phi) is 8.89. The molecule has 2 heteroatoms. The van der Waals surface area contributed by atoms with Crippen LogP contribution in [0, 0.1) is 17.8 Å². The van der Waals surface area contributed by atoms with Gasteiger partial charge >= 0.3 is 0 Å². The highest BCUT2D eigenvalue weighted by molar-refractivity contribution is 4.68. The van der Waals surface area contributed by atoms with Gasteiger partial charge in [0.2, 0.25) is 0 Å². The number of hydrogen-bond donors (Lipinski definition) is 1. The zero-order valence-electron chi connectivity index (χ0n) is 12.7. The van der Waals surface area contributed by atoms with E-state index in [0.29, 0.717) is 5.92 Å². The first kappa shape index (κ1) is 16.9. The van der Waals surface area contributed by atoms with E-state index in [0.717, 1.165) is 31.5 Å². The molecule has 104 valence electrons. The summed E-state index contributed by atoms with van der Waals surface area (Å²) in [7, 11) is 0. The molecule has 0 aliphatic carbocycles. The second-order valence-corrected chi connectivity index (χ2v) is 6.48. The van der Waals surface area contributed by atoms with Crippen LogP contribution < -0.4 is 0 Å². The van der Waals surface area contributed by atoms with E-state index in [1.165, 1.54) is 12.8 Å². The molecule has 0 radical (unpaired) electrons. The van der Waals surface area contributed by atoms with E-state index in [2.05, 4.69) is 46.4 Å². The van der Waals surface area contributed by atoms with Crippen molar-refractivity contribution in [2.24, 2.45) is 17.8 Å². The van der Waals surface area contributed by atoms with Gasteiger partial charge in [0.1, 0.15) is 0 Å². The van der Waals surface area contributed by atoms with E-state index in [1.54, 1.807) is 0 Å². The van der Waals surface area contributed by atoms with Gasteiger partial charge in [0.25, 0.3) is 0 Å². The summed E-state index contributed by atoms with van der Waals surface area (Å²) in [4.78, 5) is 2.44. The minimum Gasteiger partial charge on any atom is -0.392 e. The van der Waals surface area contributed by atoms with Crippen LogP contribution in [0.5, 0.6) is 0 Å². The van der Waals surface area contributed by atoms with E-state index in [9.17, 15) is 5.11 Å². The van der Waals surface area contributed by atoms with Crippen LogP contribution in [-0.4, -0.2) is 35.7 Å². The molecule has 0 aliphatic rings. The van der Waals surface area contributed by atoms with Crippen LogP contribution in [0.4, 0.5) is 0 Å². The zero-order valence-corrected chi connectivity index (χ0v) is 12.7. The SMILES string of the molecule is CC(C)CCN(CCC(C)C)CC(O)C(C)C. The summed E-state index contributed by atoms with van der Waals surface area (Å²) in [6, 6.07) is 0. The Bertz CT molecular complexity index is 166. The maximum atomic E-state index is 9.99. The molecule has 0 bridgehead atoms. The zero-order chi connectivity index (χ0) is 13.4. The second-order valence-electron chi connectivity index (χ2n) is 6.48. The van der Waals surface area contributed by atoms with Crippen molar-refractivity contribution in [3.8, 4) is 0 Å². The van der Waals surface area contributed by atoms with Crippen LogP contribution in [0.25, 0.3) is 0 Å². The Balaban J connectivity index is 4.09. The van der Waals surface area contributed by atoms with E-state index >= 15 is 0 Å². The van der Waals surface area contributed by atoms with Crippen LogP contribution in [0.3, 0.4) is 0 Å². The Morgan fingerprint density at radius 2 is 1.24 bits per heavy atom. The summed E-state index contributed by atoms with van der Waals surface area (Å²) < 4.78 is 0. The number of hydrogen-bond acceptors (Lipinski definition) is 2. The lowest BCUT2D eigenvalue weighted by atomic mass is 10.0. The fraction of sp³-hybridized carbons (Fsp3) is 1.00. The molecule has 0 spiro atoms. The average molecular weight is 243 g/mol. The van der Waals surface area contributed by atoms with Crippen molar-refractivity contribution >= 4 is 0 Å². The topological polar surface area (TPSA) is 23.5 Å². The van der Waals surface area contributed by atoms with Gasteiger partial charge < -0.3 is 10.0 Å². The van der Waals surface area contributed by atoms with Crippen LogP contribution in [-0.2, 0) is 0 Å². The third-order valence-corrected chi connectivity index (χ3v) is 3.26. The fourth-order valence-electron chi connectivity index (χ4n) is 1.65. The summed E-state index contributed by atoms with van der Waals surface area (Å²) in [5.74, 6) is 1.84. The lowest BCUT2D eigenvalue weighted by molar-refractivity contribution is 0.0723. The highest BCUT2D eigenvalue weighted by Gasteiger charge is 2.15. The van der Waals surface area contributed by atoms with Gasteiger partial charge in [0.05, 0.1) is 6.10 Å². The van der Waals surface area contributed by atoms with Gasteiger partial charge in [-0.3, -0.25) is 0 Å². The van der Waals surface area contributed by atoms with Crippen molar-refractivity contribution in [3.63, 3.8) is 0 Å². The van der Waals surface area contributed by atoms with Crippen LogP contribution >= 0.6 is 0 Å². The van der Waals surface area contributed by atoms with E-state index in [4.69, 9.17) is 0 Å². The van der Waals surface area contributed by atoms with Gasteiger partial charge in [-0.05, 0) is 43.7 Å². The van der Waals surface area contributed by atoms with Crippen molar-refractivity contribution < 1.29 is 5.11 Å². The molecule has 0 saturated carbocycles. The highest BCUT2D eigenvalue weighted by Crippen LogP contribution is 2.10. The third-order valence-electron chi connectivity index (χ3n) is 3.26. The first-order valence-electron chi connectivity index (χ1n) is 7.23. The molecule has 2 nitrogen and oxygen atoms in total. The minimum absolute atomic E-state index is 0.186. The van der Waals surface area contributed by atoms with Crippen LogP contribution in [0.2, 0.25) is 0 Å². The molecule has 1 unspecified atom stereocenters. The largest absolute Gasteiger partial charge is 0.392 e. The second kappa shape index (κ2) is 8.93. The van der Waals surface area contributed by atoms with Crippen molar-refractivity contribution in [1.82, 2.24) is 4.90 Å². The summed E-state index contributed by atoms with van der Waals surface area (Å²) >= 11 is 0. The third kappa shape index (κ3) is 9.61. The average Bonchev–Trinajstić information content (AvgIpc) is 2.21. The molecule has 1 N–H and O–H groups in total. The van der Waals surface area contributed by atoms with Gasteiger partial charge in [0, 0.05) is 6.54 Å². The van der Waals surface area contributed by atoms with Crippen LogP contribution in [0.15, 0.2) is 0 Å². The van der Waals surface area contributed by atoms with Gasteiger partial charge in [-0.2, -0.15) is 0 Å². The van der Waals surface area contributed by atoms with E-state index in [-0.39, 0.29) is 6.10 Å². The van der Waals surface area contributed by atoms with Crippen molar-refractivity contribution in [1.29, 1.82) is 0 Å². The lowest BCUT2D eigenvalue weighted by Crippen LogP contribution is -2.37. The molecule has 0 rings (SSSR count). The molecule has 0 aromatic heterocycles. The van der Waals surface area contributed by atoms with E-state index < -0.39 is 0 Å². The molecular formula is C15H33NO. The molecule has 17 heavy (non-hydrogen) atoms. The summed E-state index contributed by atoms with van der Waals surface area (Å²) in [5.41, 5.74) is 0. The van der Waals surface area contributed by atoms with Crippen molar-refractivity contribution in [2.75, 3.05) is 19.6 Å². The Hall–Kier alpha value is -0.0800. The van der Waals surface area contributed by atoms with Crippen LogP contribution in [0.1, 0.15) is 54.4 Å². The van der Waals surface area contributed by atoms with Gasteiger partial charge in [-0.25, -0.2) is 0 Å². The maximum Gasteiger partial charge on any atom is 0.0689 e. The molecule has 0 saturated heterocycles. The number of nitrogens with zero attached hydrogens (tertiary/aromatic N) is 1. The molecule has 1 atom stereocenters. The number of aliphatic hydroxyl groups excluding tert-OH is 1. The molecule has 0 aromatic rings. The Morgan fingerprint density at radius 3 is 1.53 bits per heavy atom. The molecule has 0 aliphatic heterocycles. The molecule has 0 aromatic carbocycles. The molecule has 0 amide bonds. The highest BCUT2D eigenvalue weighted by atomic mass is 16.3. The first-order chi connectivity index (χ1) is 7.82. The smallest absolute Gasteiger partial charge is 0.0689 e.